The zero-order valence-electron chi connectivity index (χ0n) is 21.1. The zero-order valence-corrected chi connectivity index (χ0v) is 21.1. The number of ether oxygens (including phenoxy) is 2. The molecule has 4 N–H and O–H groups in total. The van der Waals surface area contributed by atoms with Crippen LogP contribution in [-0.4, -0.2) is 104 Å². The molecule has 0 bridgehead atoms. The summed E-state index contributed by atoms with van der Waals surface area (Å²) >= 11 is 0. The Hall–Kier alpha value is -3.58. The molecule has 2 saturated heterocycles. The van der Waals surface area contributed by atoms with Crippen LogP contribution in [0.1, 0.15) is 41.5 Å². The molecule has 36 heavy (non-hydrogen) atoms. The minimum Gasteiger partial charge on any atom is -0.481 e. The first-order valence-corrected chi connectivity index (χ1v) is 11.1. The first-order valence-electron chi connectivity index (χ1n) is 11.1. The SMILES string of the molecule is CC(C)(C)OC(=O)N1C[C@@H](C(=O)O)[C@H](C(=O)O)C1.CC(C)(C)OC(=O)N1C[C@H](C(=O)O)[C@@H](C(=O)O)C1. The van der Waals surface area contributed by atoms with Gasteiger partial charge in [0.25, 0.3) is 0 Å². The van der Waals surface area contributed by atoms with Crippen molar-refractivity contribution in [1.29, 1.82) is 0 Å². The van der Waals surface area contributed by atoms with Gasteiger partial charge in [-0.2, -0.15) is 0 Å². The number of aliphatic carboxylic acids is 4. The number of carbonyl (C=O) groups is 6. The lowest BCUT2D eigenvalue weighted by Gasteiger charge is -2.24. The number of nitrogens with zero attached hydrogens (tertiary/aromatic N) is 2. The van der Waals surface area contributed by atoms with Crippen LogP contribution in [0.4, 0.5) is 9.59 Å². The second kappa shape index (κ2) is 11.4. The van der Waals surface area contributed by atoms with Gasteiger partial charge in [-0.3, -0.25) is 19.2 Å². The quantitative estimate of drug-likeness (QED) is 0.415. The summed E-state index contributed by atoms with van der Waals surface area (Å²) in [4.78, 5) is 69.4. The van der Waals surface area contributed by atoms with Gasteiger partial charge in [-0.05, 0) is 41.5 Å². The summed E-state index contributed by atoms with van der Waals surface area (Å²) in [5.41, 5.74) is -1.39. The van der Waals surface area contributed by atoms with Crippen molar-refractivity contribution in [2.75, 3.05) is 26.2 Å². The summed E-state index contributed by atoms with van der Waals surface area (Å²) in [7, 11) is 0. The summed E-state index contributed by atoms with van der Waals surface area (Å²) < 4.78 is 10.2. The van der Waals surface area contributed by atoms with E-state index in [1.807, 2.05) is 0 Å². The van der Waals surface area contributed by atoms with Crippen molar-refractivity contribution in [2.45, 2.75) is 52.7 Å². The summed E-state index contributed by atoms with van der Waals surface area (Å²) in [6.07, 6.45) is -1.37. The number of rotatable bonds is 4. The van der Waals surface area contributed by atoms with Gasteiger partial charge in [-0.15, -0.1) is 0 Å². The number of carbonyl (C=O) groups excluding carboxylic acids is 2. The molecule has 2 fully saturated rings. The molecule has 2 rings (SSSR count). The smallest absolute Gasteiger partial charge is 0.410 e. The van der Waals surface area contributed by atoms with Crippen molar-refractivity contribution in [2.24, 2.45) is 23.7 Å². The fourth-order valence-corrected chi connectivity index (χ4v) is 3.56. The van der Waals surface area contributed by atoms with Gasteiger partial charge >= 0.3 is 36.1 Å². The summed E-state index contributed by atoms with van der Waals surface area (Å²) in [6, 6.07) is 0. The number of carboxylic acid groups (broad SMARTS) is 4. The normalized spacial score (nSPS) is 23.8. The Balaban J connectivity index is 0.000000360. The minimum atomic E-state index is -1.21. The fraction of sp³-hybridized carbons (Fsp3) is 0.727. The molecule has 0 radical (unpaired) electrons. The van der Waals surface area contributed by atoms with Gasteiger partial charge in [-0.25, -0.2) is 9.59 Å². The predicted octanol–water partition coefficient (Wildman–Crippen LogP) is 1.28. The number of amides is 2. The van der Waals surface area contributed by atoms with Crippen LogP contribution in [0.25, 0.3) is 0 Å². The molecule has 14 nitrogen and oxygen atoms in total. The Kier molecular flexibility index (Phi) is 9.67. The van der Waals surface area contributed by atoms with Crippen LogP contribution in [0.3, 0.4) is 0 Å². The van der Waals surface area contributed by atoms with E-state index in [9.17, 15) is 28.8 Å². The Labute approximate surface area is 207 Å². The van der Waals surface area contributed by atoms with Gasteiger partial charge in [0, 0.05) is 26.2 Å². The van der Waals surface area contributed by atoms with Crippen molar-refractivity contribution in [3.8, 4) is 0 Å². The highest BCUT2D eigenvalue weighted by atomic mass is 16.6. The zero-order chi connectivity index (χ0) is 28.2. The second-order valence-corrected chi connectivity index (χ2v) is 10.5. The molecular formula is C22H34N2O12. The molecular weight excluding hydrogens is 484 g/mol. The molecule has 2 amide bonds. The maximum atomic E-state index is 11.7. The molecule has 2 heterocycles. The molecule has 0 aromatic carbocycles. The van der Waals surface area contributed by atoms with E-state index in [1.165, 1.54) is 0 Å². The minimum absolute atomic E-state index is 0.138. The number of carboxylic acids is 4. The highest BCUT2D eigenvalue weighted by Gasteiger charge is 2.46. The lowest BCUT2D eigenvalue weighted by Crippen LogP contribution is -2.36. The Morgan fingerprint density at radius 2 is 0.722 bits per heavy atom. The van der Waals surface area contributed by atoms with Crippen LogP contribution in [0.15, 0.2) is 0 Å². The highest BCUT2D eigenvalue weighted by molar-refractivity contribution is 5.84. The third kappa shape index (κ3) is 8.89. The van der Waals surface area contributed by atoms with Gasteiger partial charge in [0.2, 0.25) is 0 Å². The Morgan fingerprint density at radius 1 is 0.528 bits per heavy atom. The van der Waals surface area contributed by atoms with Crippen molar-refractivity contribution in [3.05, 3.63) is 0 Å². The van der Waals surface area contributed by atoms with E-state index in [1.54, 1.807) is 41.5 Å². The van der Waals surface area contributed by atoms with Crippen LogP contribution in [-0.2, 0) is 28.7 Å². The average molecular weight is 519 g/mol. The van der Waals surface area contributed by atoms with E-state index >= 15 is 0 Å². The number of hydrogen-bond donors (Lipinski definition) is 4. The maximum Gasteiger partial charge on any atom is 0.410 e. The van der Waals surface area contributed by atoms with E-state index in [0.717, 1.165) is 9.80 Å². The van der Waals surface area contributed by atoms with Gasteiger partial charge in [0.15, 0.2) is 0 Å². The van der Waals surface area contributed by atoms with Crippen molar-refractivity contribution >= 4 is 36.1 Å². The number of likely N-dealkylation sites (tertiary alicyclic amines) is 2. The largest absolute Gasteiger partial charge is 0.481 e. The first-order chi connectivity index (χ1) is 16.2. The molecule has 2 aliphatic rings. The molecule has 0 aromatic heterocycles. The lowest BCUT2D eigenvalue weighted by molar-refractivity contribution is -0.151. The predicted molar refractivity (Wildman–Crippen MR) is 120 cm³/mol. The van der Waals surface area contributed by atoms with Crippen LogP contribution < -0.4 is 0 Å². The molecule has 0 saturated carbocycles. The Morgan fingerprint density at radius 3 is 0.861 bits per heavy atom. The van der Waals surface area contributed by atoms with Crippen LogP contribution in [0.5, 0.6) is 0 Å². The van der Waals surface area contributed by atoms with Crippen LogP contribution in [0, 0.1) is 23.7 Å². The summed E-state index contributed by atoms with van der Waals surface area (Å²) in [5, 5.41) is 35.7. The van der Waals surface area contributed by atoms with Gasteiger partial charge in [0.05, 0.1) is 23.7 Å². The lowest BCUT2D eigenvalue weighted by atomic mass is 9.97. The summed E-state index contributed by atoms with van der Waals surface area (Å²) in [5.74, 6) is -9.21. The molecule has 2 aliphatic heterocycles. The van der Waals surface area contributed by atoms with E-state index in [-0.39, 0.29) is 26.2 Å². The molecule has 0 aliphatic carbocycles. The fourth-order valence-electron chi connectivity index (χ4n) is 3.56. The second-order valence-electron chi connectivity index (χ2n) is 10.5. The van der Waals surface area contributed by atoms with Crippen molar-refractivity contribution < 1.29 is 58.7 Å². The topological polar surface area (TPSA) is 208 Å². The standard InChI is InChI=1S/2C11H17NO6/c2*1-11(2,3)18-10(17)12-4-6(8(13)14)7(5-12)9(15)16/h2*6-7H,4-5H2,1-3H3,(H,13,14)(H,15,16)/t2*6-,7-/m10/s1. The van der Waals surface area contributed by atoms with Gasteiger partial charge in [0.1, 0.15) is 11.2 Å². The third-order valence-corrected chi connectivity index (χ3v) is 5.21. The molecule has 14 heteroatoms. The van der Waals surface area contributed by atoms with E-state index in [2.05, 4.69) is 0 Å². The molecule has 4 atom stereocenters. The first kappa shape index (κ1) is 30.5. The molecule has 0 unspecified atom stereocenters. The average Bonchev–Trinajstić information content (AvgIpc) is 3.31. The Bertz CT molecular complexity index is 772. The van der Waals surface area contributed by atoms with Crippen molar-refractivity contribution in [1.82, 2.24) is 9.80 Å². The van der Waals surface area contributed by atoms with Crippen molar-refractivity contribution in [3.63, 3.8) is 0 Å². The third-order valence-electron chi connectivity index (χ3n) is 5.21. The van der Waals surface area contributed by atoms with E-state index in [0.29, 0.717) is 0 Å². The van der Waals surface area contributed by atoms with E-state index in [4.69, 9.17) is 29.9 Å². The highest BCUT2D eigenvalue weighted by Crippen LogP contribution is 2.27. The molecule has 0 aromatic rings. The summed E-state index contributed by atoms with van der Waals surface area (Å²) in [6.45, 7) is 9.56. The van der Waals surface area contributed by atoms with Gasteiger partial charge < -0.3 is 39.7 Å². The van der Waals surface area contributed by atoms with Crippen LogP contribution >= 0.6 is 0 Å². The molecule has 0 spiro atoms. The van der Waals surface area contributed by atoms with Crippen LogP contribution in [0.2, 0.25) is 0 Å². The number of hydrogen-bond acceptors (Lipinski definition) is 8. The maximum absolute atomic E-state index is 11.7. The van der Waals surface area contributed by atoms with E-state index < -0.39 is 70.9 Å². The monoisotopic (exact) mass is 518 g/mol. The molecule has 204 valence electrons. The van der Waals surface area contributed by atoms with Gasteiger partial charge in [-0.1, -0.05) is 0 Å².